The van der Waals surface area contributed by atoms with Gasteiger partial charge in [-0.2, -0.15) is 0 Å². The van der Waals surface area contributed by atoms with Crippen molar-refractivity contribution in [2.75, 3.05) is 23.3 Å². The molecule has 31 heavy (non-hydrogen) atoms. The quantitative estimate of drug-likeness (QED) is 0.421. The summed E-state index contributed by atoms with van der Waals surface area (Å²) >= 11 is 15.2. The van der Waals surface area contributed by atoms with Crippen molar-refractivity contribution in [2.24, 2.45) is 0 Å². The van der Waals surface area contributed by atoms with Crippen molar-refractivity contribution in [2.45, 2.75) is 4.90 Å². The molecular weight excluding hydrogens is 527 g/mol. The zero-order valence-corrected chi connectivity index (χ0v) is 20.1. The monoisotopic (exact) mass is 542 g/mol. The molecule has 1 amide bonds. The first-order valence-corrected chi connectivity index (χ1v) is 11.9. The summed E-state index contributed by atoms with van der Waals surface area (Å²) in [4.78, 5) is 12.7. The van der Waals surface area contributed by atoms with Gasteiger partial charge in [0.2, 0.25) is 5.91 Å². The number of anilines is 2. The lowest BCUT2D eigenvalue weighted by molar-refractivity contribution is -0.114. The summed E-state index contributed by atoms with van der Waals surface area (Å²) in [7, 11) is -2.77. The van der Waals surface area contributed by atoms with E-state index in [0.29, 0.717) is 20.9 Å². The standard InChI is InChI=1S/C21H17BrCl2N2O4S/c1-30-19-10-7-14(22)11-20(19)31(28,29)26(16-5-3-2-4-6-16)13-21(27)25-15-8-9-17(23)18(24)12-15/h2-12H,13H2,1H3,(H,25,27). The van der Waals surface area contributed by atoms with Gasteiger partial charge < -0.3 is 10.1 Å². The van der Waals surface area contributed by atoms with E-state index < -0.39 is 22.5 Å². The number of nitrogens with one attached hydrogen (secondary N) is 1. The second kappa shape index (κ2) is 9.91. The van der Waals surface area contributed by atoms with Crippen molar-refractivity contribution in [3.63, 3.8) is 0 Å². The van der Waals surface area contributed by atoms with Crippen LogP contribution < -0.4 is 14.4 Å². The van der Waals surface area contributed by atoms with E-state index in [2.05, 4.69) is 21.2 Å². The summed E-state index contributed by atoms with van der Waals surface area (Å²) in [6.07, 6.45) is 0. The minimum absolute atomic E-state index is 0.0736. The molecule has 0 aliphatic carbocycles. The van der Waals surface area contributed by atoms with Crippen molar-refractivity contribution in [3.8, 4) is 5.75 Å². The normalized spacial score (nSPS) is 11.1. The largest absolute Gasteiger partial charge is 0.495 e. The van der Waals surface area contributed by atoms with E-state index in [4.69, 9.17) is 27.9 Å². The highest BCUT2D eigenvalue weighted by Gasteiger charge is 2.30. The molecule has 0 heterocycles. The fourth-order valence-electron chi connectivity index (χ4n) is 2.78. The van der Waals surface area contributed by atoms with Gasteiger partial charge in [0.15, 0.2) is 0 Å². The van der Waals surface area contributed by atoms with E-state index in [1.165, 1.54) is 31.4 Å². The number of nitrogens with zero attached hydrogens (tertiary/aromatic N) is 1. The van der Waals surface area contributed by atoms with E-state index in [1.807, 2.05) is 0 Å². The fraction of sp³-hybridized carbons (Fsp3) is 0.0952. The highest BCUT2D eigenvalue weighted by molar-refractivity contribution is 9.10. The van der Waals surface area contributed by atoms with Crippen LogP contribution in [0.2, 0.25) is 10.0 Å². The van der Waals surface area contributed by atoms with Gasteiger partial charge in [-0.1, -0.05) is 57.3 Å². The molecule has 10 heteroatoms. The first kappa shape index (κ1) is 23.4. The van der Waals surface area contributed by atoms with Gasteiger partial charge in [-0.15, -0.1) is 0 Å². The molecule has 0 bridgehead atoms. The Hall–Kier alpha value is -2.26. The van der Waals surface area contributed by atoms with E-state index >= 15 is 0 Å². The summed E-state index contributed by atoms with van der Waals surface area (Å²) in [5.74, 6) is -0.395. The molecule has 0 radical (unpaired) electrons. The third-order valence-electron chi connectivity index (χ3n) is 4.23. The maximum atomic E-state index is 13.6. The van der Waals surface area contributed by atoms with E-state index in [-0.39, 0.29) is 15.7 Å². The predicted octanol–water partition coefficient (Wildman–Crippen LogP) is 5.60. The van der Waals surface area contributed by atoms with E-state index in [0.717, 1.165) is 4.31 Å². The second-order valence-corrected chi connectivity index (χ2v) is 9.88. The van der Waals surface area contributed by atoms with Crippen LogP contribution in [-0.2, 0) is 14.8 Å². The molecule has 3 rings (SSSR count). The molecule has 0 fully saturated rings. The maximum absolute atomic E-state index is 13.6. The average molecular weight is 544 g/mol. The minimum Gasteiger partial charge on any atom is -0.495 e. The third-order valence-corrected chi connectivity index (χ3v) is 7.26. The maximum Gasteiger partial charge on any atom is 0.268 e. The van der Waals surface area contributed by atoms with Crippen LogP contribution in [0.5, 0.6) is 5.75 Å². The number of carbonyl (C=O) groups excluding carboxylic acids is 1. The summed E-state index contributed by atoms with van der Waals surface area (Å²) in [5, 5.41) is 3.26. The van der Waals surface area contributed by atoms with Crippen molar-refractivity contribution < 1.29 is 17.9 Å². The Balaban J connectivity index is 1.98. The molecule has 6 nitrogen and oxygen atoms in total. The van der Waals surface area contributed by atoms with Crippen molar-refractivity contribution in [1.29, 1.82) is 0 Å². The molecule has 162 valence electrons. The zero-order chi connectivity index (χ0) is 22.6. The van der Waals surface area contributed by atoms with Gasteiger partial charge in [-0.05, 0) is 48.5 Å². The summed E-state index contributed by atoms with van der Waals surface area (Å²) in [6, 6.07) is 17.6. The molecule has 3 aromatic carbocycles. The van der Waals surface area contributed by atoms with Gasteiger partial charge in [-0.3, -0.25) is 9.10 Å². The molecule has 1 N–H and O–H groups in total. The third kappa shape index (κ3) is 5.51. The Labute approximate surface area is 198 Å². The first-order chi connectivity index (χ1) is 14.7. The lowest BCUT2D eigenvalue weighted by atomic mass is 10.3. The summed E-state index contributed by atoms with van der Waals surface area (Å²) in [6.45, 7) is -0.470. The van der Waals surface area contributed by atoms with Crippen LogP contribution in [0, 0.1) is 0 Å². The molecule has 0 saturated carbocycles. The highest BCUT2D eigenvalue weighted by atomic mass is 79.9. The number of hydrogen-bond donors (Lipinski definition) is 1. The number of amides is 1. The first-order valence-electron chi connectivity index (χ1n) is 8.88. The van der Waals surface area contributed by atoms with Crippen LogP contribution in [0.15, 0.2) is 76.1 Å². The fourth-order valence-corrected chi connectivity index (χ4v) is 5.20. The Kier molecular flexibility index (Phi) is 7.48. The Bertz CT molecular complexity index is 1210. The lowest BCUT2D eigenvalue weighted by Crippen LogP contribution is -2.38. The van der Waals surface area contributed by atoms with Crippen molar-refractivity contribution >= 4 is 66.4 Å². The van der Waals surface area contributed by atoms with Gasteiger partial charge >= 0.3 is 0 Å². The van der Waals surface area contributed by atoms with Crippen LogP contribution >= 0.6 is 39.1 Å². The number of para-hydroxylation sites is 1. The van der Waals surface area contributed by atoms with Crippen LogP contribution in [0.1, 0.15) is 0 Å². The SMILES string of the molecule is COc1ccc(Br)cc1S(=O)(=O)N(CC(=O)Nc1ccc(Cl)c(Cl)c1)c1ccccc1. The average Bonchev–Trinajstić information content (AvgIpc) is 2.75. The molecular formula is C21H17BrCl2N2O4S. The highest BCUT2D eigenvalue weighted by Crippen LogP contribution is 2.32. The number of halogens is 3. The van der Waals surface area contributed by atoms with Crippen LogP contribution in [-0.4, -0.2) is 28.0 Å². The summed E-state index contributed by atoms with van der Waals surface area (Å²) < 4.78 is 33.9. The van der Waals surface area contributed by atoms with Crippen molar-refractivity contribution in [3.05, 3.63) is 81.2 Å². The van der Waals surface area contributed by atoms with Gasteiger partial charge in [0.25, 0.3) is 10.0 Å². The molecule has 3 aromatic rings. The van der Waals surface area contributed by atoms with Crippen LogP contribution in [0.25, 0.3) is 0 Å². The molecule has 0 unspecified atom stereocenters. The van der Waals surface area contributed by atoms with Gasteiger partial charge in [-0.25, -0.2) is 8.42 Å². The summed E-state index contributed by atoms with van der Waals surface area (Å²) in [5.41, 5.74) is 0.721. The predicted molar refractivity (Wildman–Crippen MR) is 127 cm³/mol. The Morgan fingerprint density at radius 1 is 1.03 bits per heavy atom. The minimum atomic E-state index is -4.15. The number of sulfonamides is 1. The lowest BCUT2D eigenvalue weighted by Gasteiger charge is -2.25. The molecule has 0 saturated heterocycles. The number of hydrogen-bond acceptors (Lipinski definition) is 4. The Morgan fingerprint density at radius 3 is 2.39 bits per heavy atom. The second-order valence-electron chi connectivity index (χ2n) is 6.32. The zero-order valence-electron chi connectivity index (χ0n) is 16.2. The number of methoxy groups -OCH3 is 1. The van der Waals surface area contributed by atoms with Gasteiger partial charge in [0.05, 0.1) is 22.8 Å². The van der Waals surface area contributed by atoms with E-state index in [1.54, 1.807) is 42.5 Å². The molecule has 0 aliphatic heterocycles. The number of benzene rings is 3. The van der Waals surface area contributed by atoms with Crippen molar-refractivity contribution in [1.82, 2.24) is 0 Å². The van der Waals surface area contributed by atoms with E-state index in [9.17, 15) is 13.2 Å². The number of ether oxygens (including phenoxy) is 1. The molecule has 0 aromatic heterocycles. The topological polar surface area (TPSA) is 75.7 Å². The number of rotatable bonds is 7. The van der Waals surface area contributed by atoms with Crippen LogP contribution in [0.4, 0.5) is 11.4 Å². The van der Waals surface area contributed by atoms with Gasteiger partial charge in [0, 0.05) is 10.2 Å². The Morgan fingerprint density at radius 2 is 1.74 bits per heavy atom. The molecule has 0 atom stereocenters. The van der Waals surface area contributed by atoms with Gasteiger partial charge in [0.1, 0.15) is 17.2 Å². The number of carbonyl (C=O) groups is 1. The van der Waals surface area contributed by atoms with Crippen LogP contribution in [0.3, 0.4) is 0 Å². The smallest absolute Gasteiger partial charge is 0.268 e. The molecule has 0 aliphatic rings. The molecule has 0 spiro atoms.